The van der Waals surface area contributed by atoms with Crippen molar-refractivity contribution in [3.8, 4) is 0 Å². The molecular weight excluding hydrogens is 338 g/mol. The lowest BCUT2D eigenvalue weighted by molar-refractivity contribution is -0.142. The number of thiazole rings is 1. The van der Waals surface area contributed by atoms with Gasteiger partial charge >= 0.3 is 0 Å². The van der Waals surface area contributed by atoms with Crippen LogP contribution in [0.4, 0.5) is 0 Å². The molecule has 1 N–H and O–H groups in total. The van der Waals surface area contributed by atoms with Crippen molar-refractivity contribution in [1.82, 2.24) is 20.1 Å². The van der Waals surface area contributed by atoms with Crippen LogP contribution in [0.5, 0.6) is 0 Å². The van der Waals surface area contributed by atoms with Crippen LogP contribution in [0, 0.1) is 13.8 Å². The second-order valence-electron chi connectivity index (χ2n) is 6.46. The van der Waals surface area contributed by atoms with Crippen molar-refractivity contribution in [3.05, 3.63) is 15.6 Å². The molecule has 0 spiro atoms. The fourth-order valence-electron chi connectivity index (χ4n) is 3.34. The number of amides is 1. The van der Waals surface area contributed by atoms with Gasteiger partial charge in [-0.25, -0.2) is 4.98 Å². The summed E-state index contributed by atoms with van der Waals surface area (Å²) in [5.41, 5.74) is 1.08. The Morgan fingerprint density at radius 1 is 1.32 bits per heavy atom. The molecule has 2 aliphatic rings. The first kappa shape index (κ1) is 18.1. The number of nitrogens with one attached hydrogen (secondary N) is 1. The first-order valence-corrected chi connectivity index (χ1v) is 9.69. The van der Waals surface area contributed by atoms with Crippen LogP contribution in [-0.4, -0.2) is 72.6 Å². The van der Waals surface area contributed by atoms with Crippen molar-refractivity contribution in [2.75, 3.05) is 39.8 Å². The Kier molecular flexibility index (Phi) is 5.90. The fourth-order valence-corrected chi connectivity index (χ4v) is 4.22. The number of rotatable bonds is 3. The summed E-state index contributed by atoms with van der Waals surface area (Å²) in [6, 6.07) is 0. The Morgan fingerprint density at radius 2 is 2.04 bits per heavy atom. The molecule has 1 aromatic heterocycles. The summed E-state index contributed by atoms with van der Waals surface area (Å²) in [5, 5.41) is 4.52. The average molecular weight is 366 g/mol. The van der Waals surface area contributed by atoms with E-state index in [1.54, 1.807) is 18.4 Å². The Morgan fingerprint density at radius 3 is 2.60 bits per heavy atom. The minimum Gasteiger partial charge on any atom is -0.368 e. The molecule has 1 amide bonds. The molecule has 0 saturated carbocycles. The monoisotopic (exact) mass is 365 g/mol. The zero-order valence-electron chi connectivity index (χ0n) is 15.2. The number of aliphatic imine (C=N–C) groups is 1. The first-order valence-electron chi connectivity index (χ1n) is 8.87. The van der Waals surface area contributed by atoms with Gasteiger partial charge in [0.15, 0.2) is 5.96 Å². The number of aryl methyl sites for hydroxylation is 2. The molecule has 1 atom stereocenters. The van der Waals surface area contributed by atoms with Crippen LogP contribution in [0.25, 0.3) is 0 Å². The zero-order valence-corrected chi connectivity index (χ0v) is 16.1. The number of piperazine rings is 1. The van der Waals surface area contributed by atoms with E-state index in [0.29, 0.717) is 6.61 Å². The van der Waals surface area contributed by atoms with Crippen LogP contribution in [0.2, 0.25) is 0 Å². The van der Waals surface area contributed by atoms with E-state index in [9.17, 15) is 4.79 Å². The van der Waals surface area contributed by atoms with Gasteiger partial charge in [0.25, 0.3) is 5.91 Å². The van der Waals surface area contributed by atoms with Crippen molar-refractivity contribution in [3.63, 3.8) is 0 Å². The number of carbonyl (C=O) groups excluding carboxylic acids is 1. The number of hydrogen-bond acceptors (Lipinski definition) is 5. The van der Waals surface area contributed by atoms with Gasteiger partial charge in [-0.1, -0.05) is 0 Å². The highest BCUT2D eigenvalue weighted by molar-refractivity contribution is 7.11. The van der Waals surface area contributed by atoms with E-state index in [1.165, 1.54) is 4.88 Å². The Balaban J connectivity index is 1.50. The molecule has 0 aliphatic carbocycles. The average Bonchev–Trinajstić information content (AvgIpc) is 3.25. The second kappa shape index (κ2) is 8.14. The molecule has 0 aromatic carbocycles. The molecular formula is C17H27N5O2S. The third kappa shape index (κ3) is 4.30. The third-order valence-electron chi connectivity index (χ3n) is 4.71. The van der Waals surface area contributed by atoms with E-state index in [0.717, 1.165) is 62.2 Å². The summed E-state index contributed by atoms with van der Waals surface area (Å²) < 4.78 is 5.52. The number of nitrogens with zero attached hydrogens (tertiary/aromatic N) is 4. The standard InChI is InChI=1S/C17H27N5O2S/c1-12-15(25-13(2)20-12)11-19-17(18-3)22-8-6-21(7-9-22)16(23)14-5-4-10-24-14/h14H,4-11H2,1-3H3,(H,18,19). The number of guanidine groups is 1. The van der Waals surface area contributed by atoms with Gasteiger partial charge in [-0.3, -0.25) is 9.79 Å². The van der Waals surface area contributed by atoms with Gasteiger partial charge in [0.1, 0.15) is 6.10 Å². The lowest BCUT2D eigenvalue weighted by Gasteiger charge is -2.37. The molecule has 2 saturated heterocycles. The summed E-state index contributed by atoms with van der Waals surface area (Å²) in [5.74, 6) is 1.03. The van der Waals surface area contributed by atoms with E-state index in [2.05, 4.69) is 20.2 Å². The van der Waals surface area contributed by atoms with Gasteiger partial charge < -0.3 is 19.9 Å². The smallest absolute Gasteiger partial charge is 0.251 e. The maximum Gasteiger partial charge on any atom is 0.251 e. The van der Waals surface area contributed by atoms with Gasteiger partial charge in [0.05, 0.1) is 17.2 Å². The van der Waals surface area contributed by atoms with Crippen LogP contribution in [0.1, 0.15) is 28.4 Å². The quantitative estimate of drug-likeness (QED) is 0.643. The predicted molar refractivity (Wildman–Crippen MR) is 98.9 cm³/mol. The topological polar surface area (TPSA) is 70.1 Å². The van der Waals surface area contributed by atoms with Gasteiger partial charge in [-0.05, 0) is 26.7 Å². The van der Waals surface area contributed by atoms with E-state index >= 15 is 0 Å². The molecule has 1 aromatic rings. The van der Waals surface area contributed by atoms with Gasteiger partial charge in [-0.15, -0.1) is 11.3 Å². The van der Waals surface area contributed by atoms with Crippen LogP contribution < -0.4 is 5.32 Å². The maximum absolute atomic E-state index is 12.4. The molecule has 2 fully saturated rings. The fraction of sp³-hybridized carbons (Fsp3) is 0.706. The lowest BCUT2D eigenvalue weighted by atomic mass is 10.2. The Labute approximate surface area is 153 Å². The molecule has 0 bridgehead atoms. The summed E-state index contributed by atoms with van der Waals surface area (Å²) >= 11 is 1.72. The summed E-state index contributed by atoms with van der Waals surface area (Å²) in [6.45, 7) is 8.54. The maximum atomic E-state index is 12.4. The van der Waals surface area contributed by atoms with Crippen molar-refractivity contribution in [2.24, 2.45) is 4.99 Å². The van der Waals surface area contributed by atoms with E-state index < -0.39 is 0 Å². The SMILES string of the molecule is CN=C(NCc1sc(C)nc1C)N1CCN(C(=O)C2CCCO2)CC1. The summed E-state index contributed by atoms with van der Waals surface area (Å²) in [7, 11) is 1.80. The molecule has 1 unspecified atom stereocenters. The Hall–Kier alpha value is -1.67. The van der Waals surface area contributed by atoms with E-state index in [1.807, 2.05) is 18.7 Å². The molecule has 25 heavy (non-hydrogen) atoms. The highest BCUT2D eigenvalue weighted by Crippen LogP contribution is 2.18. The van der Waals surface area contributed by atoms with Crippen molar-refractivity contribution >= 4 is 23.2 Å². The zero-order chi connectivity index (χ0) is 17.8. The Bertz CT molecular complexity index is 631. The number of ether oxygens (including phenoxy) is 1. The van der Waals surface area contributed by atoms with Crippen molar-refractivity contribution < 1.29 is 9.53 Å². The molecule has 8 heteroatoms. The minimum atomic E-state index is -0.221. The highest BCUT2D eigenvalue weighted by atomic mass is 32.1. The number of hydrogen-bond donors (Lipinski definition) is 1. The molecule has 138 valence electrons. The molecule has 7 nitrogen and oxygen atoms in total. The first-order chi connectivity index (χ1) is 12.1. The van der Waals surface area contributed by atoms with Crippen LogP contribution in [-0.2, 0) is 16.1 Å². The van der Waals surface area contributed by atoms with Gasteiger partial charge in [-0.2, -0.15) is 0 Å². The molecule has 2 aliphatic heterocycles. The van der Waals surface area contributed by atoms with Crippen LogP contribution in [0.15, 0.2) is 4.99 Å². The largest absolute Gasteiger partial charge is 0.368 e. The van der Waals surface area contributed by atoms with Crippen LogP contribution in [0.3, 0.4) is 0 Å². The lowest BCUT2D eigenvalue weighted by Crippen LogP contribution is -2.55. The van der Waals surface area contributed by atoms with Crippen molar-refractivity contribution in [2.45, 2.75) is 39.3 Å². The van der Waals surface area contributed by atoms with Gasteiger partial charge in [0, 0.05) is 44.7 Å². The highest BCUT2D eigenvalue weighted by Gasteiger charge is 2.30. The van der Waals surface area contributed by atoms with Gasteiger partial charge in [0.2, 0.25) is 0 Å². The minimum absolute atomic E-state index is 0.149. The number of aromatic nitrogens is 1. The van der Waals surface area contributed by atoms with Crippen molar-refractivity contribution in [1.29, 1.82) is 0 Å². The second-order valence-corrected chi connectivity index (χ2v) is 7.74. The molecule has 3 heterocycles. The molecule has 3 rings (SSSR count). The summed E-state index contributed by atoms with van der Waals surface area (Å²) in [6.07, 6.45) is 1.63. The summed E-state index contributed by atoms with van der Waals surface area (Å²) in [4.78, 5) is 26.7. The number of carbonyl (C=O) groups is 1. The third-order valence-corrected chi connectivity index (χ3v) is 5.79. The predicted octanol–water partition coefficient (Wildman–Crippen LogP) is 1.16. The molecule has 0 radical (unpaired) electrons. The van der Waals surface area contributed by atoms with E-state index in [4.69, 9.17) is 4.74 Å². The van der Waals surface area contributed by atoms with Crippen LogP contribution >= 0.6 is 11.3 Å². The normalized spacial score (nSPS) is 21.7. The van der Waals surface area contributed by atoms with E-state index in [-0.39, 0.29) is 12.0 Å².